The lowest BCUT2D eigenvalue weighted by molar-refractivity contribution is -0.142. The van der Waals surface area contributed by atoms with Crippen LogP contribution in [-0.2, 0) is 67.4 Å². The zero-order valence-electron chi connectivity index (χ0n) is 41.6. The number of halogens is 1. The number of hydrogen-bond acceptors (Lipinski definition) is 10. The van der Waals surface area contributed by atoms with E-state index in [0.717, 1.165) is 99.6 Å². The van der Waals surface area contributed by atoms with Crippen molar-refractivity contribution in [2.45, 2.75) is 138 Å². The van der Waals surface area contributed by atoms with Crippen molar-refractivity contribution >= 4 is 41.6 Å². The number of H-pyrrole nitrogens is 1. The van der Waals surface area contributed by atoms with Crippen LogP contribution >= 0.6 is 11.6 Å². The van der Waals surface area contributed by atoms with Crippen molar-refractivity contribution in [2.75, 3.05) is 46.0 Å². The number of aromatic nitrogens is 2. The summed E-state index contributed by atoms with van der Waals surface area (Å²) in [6, 6.07) is 24.1. The number of aromatic amines is 1. The predicted molar refractivity (Wildman–Crippen MR) is 271 cm³/mol. The number of aryl methyl sites for hydroxylation is 3. The Morgan fingerprint density at radius 2 is 1.25 bits per heavy atom. The molecule has 4 aromatic rings. The molecule has 8 rings (SSSR count). The fourth-order valence-electron chi connectivity index (χ4n) is 8.09. The summed E-state index contributed by atoms with van der Waals surface area (Å²) in [6.45, 7) is 18.6. The number of carbonyl (C=O) groups is 5. The summed E-state index contributed by atoms with van der Waals surface area (Å²) in [6.07, 6.45) is 14.3. The highest BCUT2D eigenvalue weighted by Crippen LogP contribution is 2.28. The molecule has 4 aliphatic carbocycles. The summed E-state index contributed by atoms with van der Waals surface area (Å²) < 4.78 is 17.0. The second kappa shape index (κ2) is 33.2. The van der Waals surface area contributed by atoms with E-state index in [0.29, 0.717) is 43.5 Å². The van der Waals surface area contributed by atoms with Crippen LogP contribution in [0.1, 0.15) is 154 Å². The first-order valence-corrected chi connectivity index (χ1v) is 25.2. The quantitative estimate of drug-likeness (QED) is 0.0670. The van der Waals surface area contributed by atoms with Gasteiger partial charge in [-0.3, -0.25) is 14.4 Å². The van der Waals surface area contributed by atoms with Gasteiger partial charge < -0.3 is 34.0 Å². The van der Waals surface area contributed by atoms with Crippen LogP contribution in [0.25, 0.3) is 0 Å². The van der Waals surface area contributed by atoms with Crippen LogP contribution in [-0.4, -0.2) is 90.4 Å². The molecule has 0 bridgehead atoms. The lowest BCUT2D eigenvalue weighted by Crippen LogP contribution is -2.24. The first-order valence-electron chi connectivity index (χ1n) is 24.8. The van der Waals surface area contributed by atoms with Gasteiger partial charge in [-0.1, -0.05) is 93.0 Å². The van der Waals surface area contributed by atoms with Gasteiger partial charge in [-0.25, -0.2) is 9.59 Å². The van der Waals surface area contributed by atoms with Crippen molar-refractivity contribution in [1.29, 1.82) is 0 Å². The summed E-state index contributed by atoms with van der Waals surface area (Å²) >= 11 is 5.63. The van der Waals surface area contributed by atoms with Crippen LogP contribution in [0.4, 0.5) is 0 Å². The molecule has 13 heteroatoms. The van der Waals surface area contributed by atoms with Crippen LogP contribution in [0, 0.1) is 0 Å². The minimum Gasteiger partial charge on any atom is -0.465 e. The molecule has 68 heavy (non-hydrogen) atoms. The molecule has 372 valence electrons. The molecule has 0 amide bonds. The molecule has 0 aliphatic heterocycles. The Hall–Kier alpha value is -5.30. The van der Waals surface area contributed by atoms with E-state index in [1.165, 1.54) is 60.6 Å². The highest BCUT2D eigenvalue weighted by Gasteiger charge is 2.24. The molecule has 2 aromatic heterocycles. The molecule has 1 fully saturated rings. The maximum absolute atomic E-state index is 12.1. The Bertz CT molecular complexity index is 2110. The number of rotatable bonds is 15. The number of Topliss-reactive ketones (excluding diaryl/α,β-unsaturated/α-hetero) is 1. The number of ketones is 1. The summed E-state index contributed by atoms with van der Waals surface area (Å²) in [5.74, 6) is -0.201. The maximum Gasteiger partial charge on any atom is 0.354 e. The average Bonchev–Trinajstić information content (AvgIpc) is 4.23. The number of benzene rings is 2. The van der Waals surface area contributed by atoms with E-state index in [1.54, 1.807) is 6.92 Å². The SMILES string of the molecule is CCN(CC)CC.CCOC(=O)CNCc1ccccc1.CCOC(=O)c1cc2c([nH]1)CCC2.CCOC(=O)c1cc2c(n1Cc1ccccc1)CCC2.O=C1CCCC1.O=CC1=C(Cl)CCC1. The third-order valence-electron chi connectivity index (χ3n) is 11.8. The minimum atomic E-state index is -0.239. The second-order valence-electron chi connectivity index (χ2n) is 16.6. The van der Waals surface area contributed by atoms with E-state index in [2.05, 4.69) is 52.7 Å². The molecule has 0 unspecified atom stereocenters. The zero-order chi connectivity index (χ0) is 49.5. The molecule has 0 saturated heterocycles. The number of aldehydes is 1. The van der Waals surface area contributed by atoms with Crippen molar-refractivity contribution in [3.05, 3.63) is 128 Å². The first-order chi connectivity index (χ1) is 33.0. The van der Waals surface area contributed by atoms with Crippen LogP contribution in [0.5, 0.6) is 0 Å². The Balaban J connectivity index is 0.000000228. The largest absolute Gasteiger partial charge is 0.465 e. The Morgan fingerprint density at radius 1 is 0.676 bits per heavy atom. The summed E-state index contributed by atoms with van der Waals surface area (Å²) in [5.41, 5.74) is 9.57. The van der Waals surface area contributed by atoms with Gasteiger partial charge in [0.25, 0.3) is 0 Å². The third-order valence-corrected chi connectivity index (χ3v) is 12.2. The molecule has 2 N–H and O–H groups in total. The minimum absolute atomic E-state index is 0.205. The lowest BCUT2D eigenvalue weighted by Gasteiger charge is -2.13. The number of allylic oxidation sites excluding steroid dienone is 2. The van der Waals surface area contributed by atoms with Gasteiger partial charge in [-0.15, -0.1) is 0 Å². The number of hydrogen-bond donors (Lipinski definition) is 2. The number of fused-ring (bicyclic) bond motifs is 2. The van der Waals surface area contributed by atoms with Crippen LogP contribution < -0.4 is 5.32 Å². The molecule has 12 nitrogen and oxygen atoms in total. The Kier molecular flexibility index (Phi) is 27.9. The van der Waals surface area contributed by atoms with E-state index >= 15 is 0 Å². The van der Waals surface area contributed by atoms with Gasteiger partial charge in [0.2, 0.25) is 0 Å². The van der Waals surface area contributed by atoms with E-state index in [4.69, 9.17) is 25.8 Å². The van der Waals surface area contributed by atoms with Crippen molar-refractivity contribution in [2.24, 2.45) is 0 Å². The van der Waals surface area contributed by atoms with Crippen molar-refractivity contribution in [3.63, 3.8) is 0 Å². The van der Waals surface area contributed by atoms with Crippen LogP contribution in [0.3, 0.4) is 0 Å². The molecule has 1 saturated carbocycles. The standard InChI is InChI=1S/C17H19NO2.C11H15NO2.C10H13NO2.C6H7ClO.C6H15N.C5H8O/c1-2-20-17(19)16-11-14-9-6-10-15(14)18(16)12-13-7-4-3-5-8-13;1-2-14-11(13)9-12-8-10-6-4-3-5-7-10;1-2-13-10(12)9-6-7-4-3-5-8(7)11-9;7-6-3-1-2-5(6)4-8;1-4-7(5-2)6-3;6-5-3-1-2-4-5/h3-5,7-8,11H,2,6,9-10,12H2,1H3;3-7,12H,2,8-9H2,1H3;6,11H,2-5H2,1H3;4H,1-3H2;4-6H2,1-3H3;1-4H2. The molecule has 2 heterocycles. The van der Waals surface area contributed by atoms with Crippen LogP contribution in [0.15, 0.2) is 83.4 Å². The van der Waals surface area contributed by atoms with Gasteiger partial charge in [0.1, 0.15) is 23.5 Å². The average molecular weight is 958 g/mol. The molecule has 4 aliphatic rings. The summed E-state index contributed by atoms with van der Waals surface area (Å²) in [5, 5.41) is 3.78. The zero-order valence-corrected chi connectivity index (χ0v) is 42.4. The Morgan fingerprint density at radius 3 is 1.75 bits per heavy atom. The van der Waals surface area contributed by atoms with E-state index in [1.807, 2.05) is 74.5 Å². The van der Waals surface area contributed by atoms with Crippen LogP contribution in [0.2, 0.25) is 0 Å². The highest BCUT2D eigenvalue weighted by molar-refractivity contribution is 6.31. The second-order valence-corrected chi connectivity index (χ2v) is 17.0. The van der Waals surface area contributed by atoms with Crippen molar-refractivity contribution in [3.8, 4) is 0 Å². The van der Waals surface area contributed by atoms with E-state index in [-0.39, 0.29) is 24.5 Å². The number of ether oxygens (including phenoxy) is 3. The molecule has 0 atom stereocenters. The lowest BCUT2D eigenvalue weighted by atomic mass is 10.2. The first kappa shape index (κ1) is 57.0. The molecule has 2 aromatic carbocycles. The number of carbonyl (C=O) groups excluding carboxylic acids is 5. The highest BCUT2D eigenvalue weighted by atomic mass is 35.5. The van der Waals surface area contributed by atoms with Gasteiger partial charge in [-0.05, 0) is 145 Å². The number of esters is 3. The Labute approximate surface area is 410 Å². The van der Waals surface area contributed by atoms with Gasteiger partial charge in [0.05, 0.1) is 26.4 Å². The number of nitrogens with one attached hydrogen (secondary N) is 2. The smallest absolute Gasteiger partial charge is 0.354 e. The predicted octanol–water partition coefficient (Wildman–Crippen LogP) is 10.6. The topological polar surface area (TPSA) is 149 Å². The normalized spacial score (nSPS) is 14.0. The van der Waals surface area contributed by atoms with Gasteiger partial charge >= 0.3 is 17.9 Å². The summed E-state index contributed by atoms with van der Waals surface area (Å²) in [7, 11) is 0. The van der Waals surface area contributed by atoms with Gasteiger partial charge in [0.15, 0.2) is 0 Å². The van der Waals surface area contributed by atoms with Crippen molar-refractivity contribution < 1.29 is 38.2 Å². The molecular formula is C55H77ClN4O8. The fraction of sp³-hybridized carbons (Fsp3) is 0.509. The van der Waals surface area contributed by atoms with Gasteiger partial charge in [0, 0.05) is 47.9 Å². The summed E-state index contributed by atoms with van der Waals surface area (Å²) in [4.78, 5) is 60.2. The third kappa shape index (κ3) is 20.5. The fourth-order valence-corrected chi connectivity index (χ4v) is 8.37. The maximum atomic E-state index is 12.1. The van der Waals surface area contributed by atoms with Gasteiger partial charge in [-0.2, -0.15) is 0 Å². The van der Waals surface area contributed by atoms with E-state index < -0.39 is 0 Å². The monoisotopic (exact) mass is 957 g/mol. The van der Waals surface area contributed by atoms with E-state index in [9.17, 15) is 24.0 Å². The van der Waals surface area contributed by atoms with Crippen molar-refractivity contribution in [1.82, 2.24) is 19.8 Å². The number of nitrogens with zero attached hydrogens (tertiary/aromatic N) is 2. The molecular weight excluding hydrogens is 880 g/mol. The molecule has 0 spiro atoms. The molecule has 0 radical (unpaired) electrons.